The number of rotatable bonds is 5. The molecule has 3 rings (SSSR count). The summed E-state index contributed by atoms with van der Waals surface area (Å²) in [5.41, 5.74) is 0.165. The van der Waals surface area contributed by atoms with E-state index in [2.05, 4.69) is 10.0 Å². The average molecular weight is 450 g/mol. The van der Waals surface area contributed by atoms with Gasteiger partial charge >= 0.3 is 0 Å². The Balaban J connectivity index is 1.53. The minimum Gasteiger partial charge on any atom is -0.342 e. The number of hydrogen-bond acceptors (Lipinski definition) is 4. The first-order chi connectivity index (χ1) is 14.6. The van der Waals surface area contributed by atoms with Gasteiger partial charge in [0, 0.05) is 36.2 Å². The van der Waals surface area contributed by atoms with Crippen molar-refractivity contribution in [1.29, 1.82) is 0 Å². The van der Waals surface area contributed by atoms with Crippen LogP contribution in [0.4, 0.5) is 5.69 Å². The molecule has 1 aliphatic carbocycles. The van der Waals surface area contributed by atoms with Crippen molar-refractivity contribution in [2.24, 2.45) is 11.3 Å². The van der Waals surface area contributed by atoms with Gasteiger partial charge in [0.2, 0.25) is 21.8 Å². The van der Waals surface area contributed by atoms with Crippen molar-refractivity contribution >= 4 is 27.5 Å². The lowest BCUT2D eigenvalue weighted by atomic mass is 9.90. The Morgan fingerprint density at radius 3 is 2.06 bits per heavy atom. The van der Waals surface area contributed by atoms with E-state index in [-0.39, 0.29) is 28.7 Å². The van der Waals surface area contributed by atoms with E-state index in [0.29, 0.717) is 31.6 Å². The molecule has 7 nitrogen and oxygen atoms in total. The first-order valence-electron chi connectivity index (χ1n) is 11.3. The minimum atomic E-state index is -3.55. The summed E-state index contributed by atoms with van der Waals surface area (Å²) in [4.78, 5) is 27.1. The van der Waals surface area contributed by atoms with Crippen molar-refractivity contribution in [1.82, 2.24) is 9.62 Å². The Kier molecular flexibility index (Phi) is 7.42. The van der Waals surface area contributed by atoms with Gasteiger partial charge in [0.25, 0.3) is 0 Å². The molecule has 0 radical (unpaired) electrons. The third-order valence-corrected chi connectivity index (χ3v) is 7.69. The largest absolute Gasteiger partial charge is 0.342 e. The van der Waals surface area contributed by atoms with Crippen LogP contribution in [0.1, 0.15) is 65.7 Å². The molecule has 8 heteroatoms. The molecule has 1 aromatic rings. The van der Waals surface area contributed by atoms with Gasteiger partial charge < -0.3 is 10.2 Å². The number of amides is 2. The Morgan fingerprint density at radius 1 is 0.935 bits per heavy atom. The lowest BCUT2D eigenvalue weighted by Crippen LogP contribution is -2.45. The third-order valence-electron chi connectivity index (χ3n) is 6.15. The SMILES string of the molecule is CC(C)(C)C(=O)N1CCC(C(=O)Nc2ccc(S(=O)(=O)NC3CCCCC3)cc2)CC1. The van der Waals surface area contributed by atoms with Crippen LogP contribution < -0.4 is 10.0 Å². The van der Waals surface area contributed by atoms with Crippen LogP contribution in [0.2, 0.25) is 0 Å². The molecule has 2 amide bonds. The third kappa shape index (κ3) is 6.29. The summed E-state index contributed by atoms with van der Waals surface area (Å²) in [5, 5.41) is 2.89. The van der Waals surface area contributed by atoms with E-state index in [1.165, 1.54) is 18.6 Å². The van der Waals surface area contributed by atoms with E-state index in [1.54, 1.807) is 12.1 Å². The fourth-order valence-electron chi connectivity index (χ4n) is 4.29. The number of carbonyl (C=O) groups is 2. The van der Waals surface area contributed by atoms with Crippen LogP contribution in [0.25, 0.3) is 0 Å². The Labute approximate surface area is 186 Å². The highest BCUT2D eigenvalue weighted by atomic mass is 32.2. The number of carbonyl (C=O) groups excluding carboxylic acids is 2. The van der Waals surface area contributed by atoms with Crippen molar-refractivity contribution in [2.75, 3.05) is 18.4 Å². The van der Waals surface area contributed by atoms with Crippen LogP contribution in [0, 0.1) is 11.3 Å². The number of nitrogens with zero attached hydrogens (tertiary/aromatic N) is 1. The van der Waals surface area contributed by atoms with Gasteiger partial charge in [-0.05, 0) is 49.9 Å². The van der Waals surface area contributed by atoms with E-state index >= 15 is 0 Å². The highest BCUT2D eigenvalue weighted by Crippen LogP contribution is 2.25. The van der Waals surface area contributed by atoms with Crippen molar-refractivity contribution in [2.45, 2.75) is 76.7 Å². The number of nitrogens with one attached hydrogen (secondary N) is 2. The lowest BCUT2D eigenvalue weighted by Gasteiger charge is -2.35. The van der Waals surface area contributed by atoms with Crippen molar-refractivity contribution in [3.05, 3.63) is 24.3 Å². The fraction of sp³-hybridized carbons (Fsp3) is 0.652. The van der Waals surface area contributed by atoms with Crippen LogP contribution in [0.15, 0.2) is 29.2 Å². The molecule has 1 saturated carbocycles. The van der Waals surface area contributed by atoms with Gasteiger partial charge in [-0.3, -0.25) is 9.59 Å². The normalized spacial score (nSPS) is 19.3. The summed E-state index contributed by atoms with van der Waals surface area (Å²) in [6, 6.07) is 6.34. The number of likely N-dealkylation sites (tertiary alicyclic amines) is 1. The van der Waals surface area contributed by atoms with Crippen molar-refractivity contribution in [3.63, 3.8) is 0 Å². The molecule has 2 aliphatic rings. The molecule has 1 saturated heterocycles. The van der Waals surface area contributed by atoms with Gasteiger partial charge in [0.05, 0.1) is 4.90 Å². The Bertz CT molecular complexity index is 876. The van der Waals surface area contributed by atoms with Gasteiger partial charge in [-0.25, -0.2) is 13.1 Å². The number of piperidine rings is 1. The molecule has 0 spiro atoms. The second-order valence-corrected chi connectivity index (χ2v) is 11.5. The van der Waals surface area contributed by atoms with Crippen molar-refractivity contribution in [3.8, 4) is 0 Å². The summed E-state index contributed by atoms with van der Waals surface area (Å²) in [5.74, 6) is -0.121. The Morgan fingerprint density at radius 2 is 1.52 bits per heavy atom. The van der Waals surface area contributed by atoms with Gasteiger partial charge in [0.1, 0.15) is 0 Å². The molecule has 1 aromatic carbocycles. The van der Waals surface area contributed by atoms with Gasteiger partial charge in [-0.2, -0.15) is 0 Å². The maximum atomic E-state index is 12.6. The van der Waals surface area contributed by atoms with Gasteiger partial charge in [-0.15, -0.1) is 0 Å². The fourth-order valence-corrected chi connectivity index (χ4v) is 5.59. The molecular weight excluding hydrogens is 414 g/mol. The van der Waals surface area contributed by atoms with Crippen LogP contribution in [0.5, 0.6) is 0 Å². The molecule has 0 bridgehead atoms. The summed E-state index contributed by atoms with van der Waals surface area (Å²) < 4.78 is 28.0. The maximum absolute atomic E-state index is 12.6. The van der Waals surface area contributed by atoms with Gasteiger partial charge in [0.15, 0.2) is 0 Å². The van der Waals surface area contributed by atoms with Crippen LogP contribution in [-0.2, 0) is 19.6 Å². The smallest absolute Gasteiger partial charge is 0.240 e. The topological polar surface area (TPSA) is 95.6 Å². The van der Waals surface area contributed by atoms with Crippen molar-refractivity contribution < 1.29 is 18.0 Å². The van der Waals surface area contributed by atoms with E-state index < -0.39 is 15.4 Å². The monoisotopic (exact) mass is 449 g/mol. The molecule has 1 heterocycles. The van der Waals surface area contributed by atoms with E-state index in [9.17, 15) is 18.0 Å². The number of hydrogen-bond donors (Lipinski definition) is 2. The number of sulfonamides is 1. The molecular formula is C23H35N3O4S. The van der Waals surface area contributed by atoms with Crippen LogP contribution in [0.3, 0.4) is 0 Å². The first-order valence-corrected chi connectivity index (χ1v) is 12.8. The summed E-state index contributed by atoms with van der Waals surface area (Å²) in [7, 11) is -3.55. The highest BCUT2D eigenvalue weighted by molar-refractivity contribution is 7.89. The molecule has 31 heavy (non-hydrogen) atoms. The molecule has 1 aliphatic heterocycles. The zero-order valence-corrected chi connectivity index (χ0v) is 19.6. The van der Waals surface area contributed by atoms with E-state index in [1.807, 2.05) is 25.7 Å². The minimum absolute atomic E-state index is 0.00848. The molecule has 0 aromatic heterocycles. The first kappa shape index (κ1) is 23.7. The second-order valence-electron chi connectivity index (χ2n) is 9.79. The maximum Gasteiger partial charge on any atom is 0.240 e. The van der Waals surface area contributed by atoms with Crippen LogP contribution in [-0.4, -0.2) is 44.3 Å². The molecule has 0 atom stereocenters. The molecule has 0 unspecified atom stereocenters. The predicted octanol–water partition coefficient (Wildman–Crippen LogP) is 3.52. The van der Waals surface area contributed by atoms with Crippen LogP contribution >= 0.6 is 0 Å². The Hall–Kier alpha value is -1.93. The highest BCUT2D eigenvalue weighted by Gasteiger charge is 2.32. The number of anilines is 1. The lowest BCUT2D eigenvalue weighted by molar-refractivity contribution is -0.142. The molecule has 2 N–H and O–H groups in total. The molecule has 172 valence electrons. The average Bonchev–Trinajstić information content (AvgIpc) is 2.73. The quantitative estimate of drug-likeness (QED) is 0.719. The van der Waals surface area contributed by atoms with E-state index in [4.69, 9.17) is 0 Å². The number of benzene rings is 1. The predicted molar refractivity (Wildman–Crippen MR) is 121 cm³/mol. The molecule has 2 fully saturated rings. The zero-order valence-electron chi connectivity index (χ0n) is 18.8. The zero-order chi connectivity index (χ0) is 22.6. The second kappa shape index (κ2) is 9.69. The standard InChI is InChI=1S/C23H35N3O4S/c1-23(2,3)22(28)26-15-13-17(14-16-26)21(27)24-18-9-11-20(12-10-18)31(29,30)25-19-7-5-4-6-8-19/h9-12,17,19,25H,4-8,13-16H2,1-3H3,(H,24,27). The summed E-state index contributed by atoms with van der Waals surface area (Å²) >= 11 is 0. The van der Waals surface area contributed by atoms with Gasteiger partial charge in [-0.1, -0.05) is 40.0 Å². The summed E-state index contributed by atoms with van der Waals surface area (Å²) in [6.07, 6.45) is 6.30. The summed E-state index contributed by atoms with van der Waals surface area (Å²) in [6.45, 7) is 6.88. The van der Waals surface area contributed by atoms with E-state index in [0.717, 1.165) is 25.7 Å².